The molecule has 2 N–H and O–H groups in total. The number of methoxy groups -OCH3 is 2. The van der Waals surface area contributed by atoms with Crippen LogP contribution >= 0.6 is 0 Å². The fourth-order valence-corrected chi connectivity index (χ4v) is 3.25. The highest BCUT2D eigenvalue weighted by Gasteiger charge is 2.32. The Labute approximate surface area is 171 Å². The first-order chi connectivity index (χ1) is 13.7. The SMILES string of the molecule is COc1cc(NC(=O)Nc2ccc3c(c2)N(C(=O)C(C)(C)C)CC3)cc(OC)c1. The van der Waals surface area contributed by atoms with Crippen LogP contribution in [-0.2, 0) is 11.2 Å². The Hall–Kier alpha value is -3.22. The first-order valence-electron chi connectivity index (χ1n) is 9.47. The quantitative estimate of drug-likeness (QED) is 0.807. The van der Waals surface area contributed by atoms with E-state index < -0.39 is 11.4 Å². The van der Waals surface area contributed by atoms with E-state index in [2.05, 4.69) is 10.6 Å². The zero-order valence-corrected chi connectivity index (χ0v) is 17.5. The number of urea groups is 1. The summed E-state index contributed by atoms with van der Waals surface area (Å²) in [7, 11) is 3.10. The van der Waals surface area contributed by atoms with Crippen molar-refractivity contribution < 1.29 is 19.1 Å². The molecule has 0 aliphatic carbocycles. The van der Waals surface area contributed by atoms with Crippen LogP contribution in [0.25, 0.3) is 0 Å². The van der Waals surface area contributed by atoms with Crippen LogP contribution in [0.1, 0.15) is 26.3 Å². The average Bonchev–Trinajstić information content (AvgIpc) is 3.09. The van der Waals surface area contributed by atoms with E-state index in [1.54, 1.807) is 37.3 Å². The summed E-state index contributed by atoms with van der Waals surface area (Å²) in [5, 5.41) is 5.60. The molecule has 1 aliphatic heterocycles. The number of carbonyl (C=O) groups is 2. The van der Waals surface area contributed by atoms with Gasteiger partial charge in [0.2, 0.25) is 5.91 Å². The van der Waals surface area contributed by atoms with E-state index in [0.717, 1.165) is 17.7 Å². The lowest BCUT2D eigenvalue weighted by molar-refractivity contribution is -0.125. The standard InChI is InChI=1S/C22H27N3O4/c1-22(2,3)20(26)25-9-8-14-6-7-15(12-19(14)25)23-21(27)24-16-10-17(28-4)13-18(11-16)29-5/h6-7,10-13H,8-9H2,1-5H3,(H2,23,24,27). The molecule has 7 nitrogen and oxygen atoms in total. The molecule has 0 saturated carbocycles. The van der Waals surface area contributed by atoms with Crippen molar-refractivity contribution in [1.29, 1.82) is 0 Å². The topological polar surface area (TPSA) is 79.9 Å². The molecule has 0 fully saturated rings. The maximum absolute atomic E-state index is 12.7. The van der Waals surface area contributed by atoms with Crippen molar-refractivity contribution in [2.45, 2.75) is 27.2 Å². The Bertz CT molecular complexity index is 912. The van der Waals surface area contributed by atoms with Gasteiger partial charge in [0, 0.05) is 47.2 Å². The molecule has 0 aromatic heterocycles. The Morgan fingerprint density at radius 1 is 0.931 bits per heavy atom. The van der Waals surface area contributed by atoms with Gasteiger partial charge in [0.25, 0.3) is 0 Å². The van der Waals surface area contributed by atoms with E-state index in [4.69, 9.17) is 9.47 Å². The van der Waals surface area contributed by atoms with Gasteiger partial charge in [-0.25, -0.2) is 4.79 Å². The van der Waals surface area contributed by atoms with Gasteiger partial charge in [0.1, 0.15) is 11.5 Å². The number of anilines is 3. The Balaban J connectivity index is 1.75. The minimum Gasteiger partial charge on any atom is -0.497 e. The molecule has 3 rings (SSSR count). The molecule has 0 spiro atoms. The Kier molecular flexibility index (Phi) is 5.68. The van der Waals surface area contributed by atoms with Gasteiger partial charge in [-0.05, 0) is 24.1 Å². The lowest BCUT2D eigenvalue weighted by Gasteiger charge is -2.26. The van der Waals surface area contributed by atoms with Crippen LogP contribution in [0.15, 0.2) is 36.4 Å². The average molecular weight is 397 g/mol. The lowest BCUT2D eigenvalue weighted by Crippen LogP contribution is -2.38. The highest BCUT2D eigenvalue weighted by atomic mass is 16.5. The first kappa shape index (κ1) is 20.5. The second-order valence-corrected chi connectivity index (χ2v) is 7.98. The maximum Gasteiger partial charge on any atom is 0.323 e. The zero-order chi connectivity index (χ0) is 21.2. The van der Waals surface area contributed by atoms with E-state index in [1.807, 2.05) is 39.0 Å². The number of rotatable bonds is 4. The highest BCUT2D eigenvalue weighted by Crippen LogP contribution is 2.34. The lowest BCUT2D eigenvalue weighted by atomic mass is 9.94. The van der Waals surface area contributed by atoms with Crippen LogP contribution in [0.4, 0.5) is 21.9 Å². The van der Waals surface area contributed by atoms with Crippen molar-refractivity contribution in [1.82, 2.24) is 0 Å². The van der Waals surface area contributed by atoms with Crippen molar-refractivity contribution in [3.63, 3.8) is 0 Å². The van der Waals surface area contributed by atoms with E-state index in [9.17, 15) is 9.59 Å². The van der Waals surface area contributed by atoms with Crippen molar-refractivity contribution in [2.75, 3.05) is 36.3 Å². The number of nitrogens with zero attached hydrogens (tertiary/aromatic N) is 1. The second-order valence-electron chi connectivity index (χ2n) is 7.98. The molecule has 0 radical (unpaired) electrons. The van der Waals surface area contributed by atoms with Crippen molar-refractivity contribution in [3.8, 4) is 11.5 Å². The number of carbonyl (C=O) groups excluding carboxylic acids is 2. The predicted octanol–water partition coefficient (Wildman–Crippen LogP) is 4.28. The fraction of sp³-hybridized carbons (Fsp3) is 0.364. The third-order valence-electron chi connectivity index (χ3n) is 4.73. The molecule has 0 saturated heterocycles. The predicted molar refractivity (Wildman–Crippen MR) is 114 cm³/mol. The molecular weight excluding hydrogens is 370 g/mol. The summed E-state index contributed by atoms with van der Waals surface area (Å²) in [6.45, 7) is 6.38. The molecule has 2 aromatic carbocycles. The summed E-state index contributed by atoms with van der Waals surface area (Å²) in [5.41, 5.74) is 2.65. The van der Waals surface area contributed by atoms with Crippen LogP contribution < -0.4 is 25.0 Å². The van der Waals surface area contributed by atoms with Crippen molar-refractivity contribution in [2.24, 2.45) is 5.41 Å². The molecule has 29 heavy (non-hydrogen) atoms. The van der Waals surface area contributed by atoms with Crippen molar-refractivity contribution in [3.05, 3.63) is 42.0 Å². The van der Waals surface area contributed by atoms with Crippen LogP contribution in [0.3, 0.4) is 0 Å². The van der Waals surface area contributed by atoms with E-state index in [0.29, 0.717) is 29.4 Å². The monoisotopic (exact) mass is 397 g/mol. The van der Waals surface area contributed by atoms with Crippen LogP contribution in [0.5, 0.6) is 11.5 Å². The third kappa shape index (κ3) is 4.62. The number of hydrogen-bond acceptors (Lipinski definition) is 4. The molecule has 7 heteroatoms. The number of hydrogen-bond donors (Lipinski definition) is 2. The molecule has 1 heterocycles. The van der Waals surface area contributed by atoms with Gasteiger partial charge in [-0.2, -0.15) is 0 Å². The number of fused-ring (bicyclic) bond motifs is 1. The van der Waals surface area contributed by atoms with Gasteiger partial charge in [-0.3, -0.25) is 4.79 Å². The van der Waals surface area contributed by atoms with E-state index in [1.165, 1.54) is 0 Å². The Morgan fingerprint density at radius 3 is 2.14 bits per heavy atom. The van der Waals surface area contributed by atoms with Gasteiger partial charge in [0.05, 0.1) is 14.2 Å². The van der Waals surface area contributed by atoms with Crippen LogP contribution in [0.2, 0.25) is 0 Å². The van der Waals surface area contributed by atoms with E-state index >= 15 is 0 Å². The molecule has 3 amide bonds. The number of ether oxygens (including phenoxy) is 2. The van der Waals surface area contributed by atoms with E-state index in [-0.39, 0.29) is 5.91 Å². The zero-order valence-electron chi connectivity index (χ0n) is 17.5. The molecule has 0 unspecified atom stereocenters. The van der Waals surface area contributed by atoms with Gasteiger partial charge in [-0.15, -0.1) is 0 Å². The second kappa shape index (κ2) is 8.03. The molecular formula is C22H27N3O4. The minimum absolute atomic E-state index is 0.0707. The smallest absolute Gasteiger partial charge is 0.323 e. The number of nitrogens with one attached hydrogen (secondary N) is 2. The van der Waals surface area contributed by atoms with Gasteiger partial charge in [-0.1, -0.05) is 26.8 Å². The molecule has 2 aromatic rings. The van der Waals surface area contributed by atoms with Crippen molar-refractivity contribution >= 4 is 29.0 Å². The van der Waals surface area contributed by atoms with Gasteiger partial charge >= 0.3 is 6.03 Å². The molecule has 0 bridgehead atoms. The largest absolute Gasteiger partial charge is 0.497 e. The summed E-state index contributed by atoms with van der Waals surface area (Å²) < 4.78 is 10.4. The molecule has 154 valence electrons. The summed E-state index contributed by atoms with van der Waals surface area (Å²) in [6.07, 6.45) is 0.813. The molecule has 0 atom stereocenters. The fourth-order valence-electron chi connectivity index (χ4n) is 3.25. The van der Waals surface area contributed by atoms with Crippen LogP contribution in [0, 0.1) is 5.41 Å². The number of amides is 3. The third-order valence-corrected chi connectivity index (χ3v) is 4.73. The first-order valence-corrected chi connectivity index (χ1v) is 9.47. The maximum atomic E-state index is 12.7. The van der Waals surface area contributed by atoms with Crippen LogP contribution in [-0.4, -0.2) is 32.7 Å². The summed E-state index contributed by atoms with van der Waals surface area (Å²) in [4.78, 5) is 27.0. The minimum atomic E-state index is -0.464. The Morgan fingerprint density at radius 2 is 1.55 bits per heavy atom. The normalized spacial score (nSPS) is 12.9. The summed E-state index contributed by atoms with van der Waals surface area (Å²) in [5.74, 6) is 1.23. The summed E-state index contributed by atoms with van der Waals surface area (Å²) in [6, 6.07) is 10.4. The summed E-state index contributed by atoms with van der Waals surface area (Å²) >= 11 is 0. The van der Waals surface area contributed by atoms with Gasteiger partial charge in [0.15, 0.2) is 0 Å². The molecule has 1 aliphatic rings. The van der Waals surface area contributed by atoms with Gasteiger partial charge < -0.3 is 25.0 Å². The number of benzene rings is 2. The highest BCUT2D eigenvalue weighted by molar-refractivity contribution is 6.02.